The number of nitrogens with zero attached hydrogens (tertiary/aromatic N) is 2. The molecule has 1 aromatic heterocycles. The Morgan fingerprint density at radius 1 is 1.59 bits per heavy atom. The first-order chi connectivity index (χ1) is 7.90. The Bertz CT molecular complexity index is 455. The number of carbonyl (C=O) groups is 1. The molecule has 7 nitrogen and oxygen atoms in total. The highest BCUT2D eigenvalue weighted by atomic mass is 32.2. The molecule has 0 saturated heterocycles. The molecule has 1 atom stereocenters. The number of nitrogens with one attached hydrogen (secondary N) is 1. The van der Waals surface area contributed by atoms with Crippen molar-refractivity contribution in [3.63, 3.8) is 0 Å². The standard InChI is InChI=1S/C9H16N4O3S/c1-8(13-6-2-5-12-13)9(14)11-4-3-7-17(10,15)16/h2,5-6,8H,3-4,7H2,1H3,(H,11,14)(H2,10,15,16). The highest BCUT2D eigenvalue weighted by Gasteiger charge is 2.14. The highest BCUT2D eigenvalue weighted by Crippen LogP contribution is 2.02. The van der Waals surface area contributed by atoms with Gasteiger partial charge in [-0.15, -0.1) is 0 Å². The molecule has 0 aromatic carbocycles. The number of aromatic nitrogens is 2. The zero-order chi connectivity index (χ0) is 12.9. The van der Waals surface area contributed by atoms with Gasteiger partial charge in [-0.1, -0.05) is 0 Å². The zero-order valence-corrected chi connectivity index (χ0v) is 10.4. The Balaban J connectivity index is 2.31. The maximum absolute atomic E-state index is 11.6. The van der Waals surface area contributed by atoms with E-state index in [-0.39, 0.29) is 18.2 Å². The number of nitrogens with two attached hydrogens (primary N) is 1. The van der Waals surface area contributed by atoms with Crippen molar-refractivity contribution in [2.45, 2.75) is 19.4 Å². The van der Waals surface area contributed by atoms with Crippen LogP contribution in [0.15, 0.2) is 18.5 Å². The van der Waals surface area contributed by atoms with Crippen molar-refractivity contribution < 1.29 is 13.2 Å². The predicted molar refractivity (Wildman–Crippen MR) is 62.5 cm³/mol. The van der Waals surface area contributed by atoms with E-state index in [1.54, 1.807) is 25.4 Å². The van der Waals surface area contributed by atoms with Crippen LogP contribution in [0.5, 0.6) is 0 Å². The van der Waals surface area contributed by atoms with Crippen LogP contribution in [0.4, 0.5) is 0 Å². The molecule has 1 heterocycles. The van der Waals surface area contributed by atoms with Crippen molar-refractivity contribution in [3.05, 3.63) is 18.5 Å². The third-order valence-corrected chi connectivity index (χ3v) is 3.06. The summed E-state index contributed by atoms with van der Waals surface area (Å²) in [6.45, 7) is 1.99. The van der Waals surface area contributed by atoms with Crippen molar-refractivity contribution >= 4 is 15.9 Å². The minimum Gasteiger partial charge on any atom is -0.354 e. The van der Waals surface area contributed by atoms with E-state index in [9.17, 15) is 13.2 Å². The van der Waals surface area contributed by atoms with Gasteiger partial charge >= 0.3 is 0 Å². The minimum atomic E-state index is -3.45. The molecule has 0 bridgehead atoms. The monoisotopic (exact) mass is 260 g/mol. The quantitative estimate of drug-likeness (QED) is 0.655. The molecule has 1 amide bonds. The van der Waals surface area contributed by atoms with E-state index in [0.29, 0.717) is 6.42 Å². The number of rotatable bonds is 6. The van der Waals surface area contributed by atoms with E-state index in [2.05, 4.69) is 10.4 Å². The summed E-state index contributed by atoms with van der Waals surface area (Å²) in [5.41, 5.74) is 0. The van der Waals surface area contributed by atoms with E-state index in [0.717, 1.165) is 0 Å². The average molecular weight is 260 g/mol. The molecule has 0 aliphatic rings. The third kappa shape index (κ3) is 4.96. The van der Waals surface area contributed by atoms with Crippen molar-refractivity contribution in [2.75, 3.05) is 12.3 Å². The van der Waals surface area contributed by atoms with Crippen LogP contribution in [0.2, 0.25) is 0 Å². The Morgan fingerprint density at radius 3 is 2.82 bits per heavy atom. The molecule has 0 spiro atoms. The normalized spacial score (nSPS) is 13.3. The van der Waals surface area contributed by atoms with E-state index >= 15 is 0 Å². The molecule has 1 rings (SSSR count). The summed E-state index contributed by atoms with van der Waals surface area (Å²) in [4.78, 5) is 11.6. The molecule has 8 heteroatoms. The lowest BCUT2D eigenvalue weighted by Crippen LogP contribution is -2.33. The van der Waals surface area contributed by atoms with E-state index in [1.165, 1.54) is 4.68 Å². The molecule has 0 saturated carbocycles. The van der Waals surface area contributed by atoms with Gasteiger partial charge in [0.15, 0.2) is 0 Å². The van der Waals surface area contributed by atoms with Gasteiger partial charge in [0.1, 0.15) is 6.04 Å². The van der Waals surface area contributed by atoms with Crippen molar-refractivity contribution in [1.82, 2.24) is 15.1 Å². The number of carbonyl (C=O) groups excluding carboxylic acids is 1. The summed E-state index contributed by atoms with van der Waals surface area (Å²) in [5.74, 6) is -0.341. The van der Waals surface area contributed by atoms with Gasteiger partial charge in [-0.2, -0.15) is 5.10 Å². The molecule has 0 aliphatic heterocycles. The molecule has 1 aromatic rings. The van der Waals surface area contributed by atoms with Gasteiger partial charge in [-0.3, -0.25) is 9.48 Å². The van der Waals surface area contributed by atoms with Crippen LogP contribution < -0.4 is 10.5 Å². The first-order valence-corrected chi connectivity index (χ1v) is 6.89. The fourth-order valence-corrected chi connectivity index (χ4v) is 1.81. The highest BCUT2D eigenvalue weighted by molar-refractivity contribution is 7.89. The molecule has 1 unspecified atom stereocenters. The summed E-state index contributed by atoms with van der Waals surface area (Å²) >= 11 is 0. The summed E-state index contributed by atoms with van der Waals surface area (Å²) in [6.07, 6.45) is 3.58. The average Bonchev–Trinajstić information content (AvgIpc) is 2.74. The van der Waals surface area contributed by atoms with Crippen LogP contribution in [-0.2, 0) is 14.8 Å². The Labute approximate surface area is 100 Å². The number of sulfonamides is 1. The second-order valence-electron chi connectivity index (χ2n) is 3.67. The summed E-state index contributed by atoms with van der Waals surface area (Å²) < 4.78 is 22.8. The maximum Gasteiger partial charge on any atom is 0.244 e. The lowest BCUT2D eigenvalue weighted by atomic mass is 10.3. The number of hydrogen-bond acceptors (Lipinski definition) is 4. The second-order valence-corrected chi connectivity index (χ2v) is 5.41. The molecular weight excluding hydrogens is 244 g/mol. The number of primary sulfonamides is 1. The fourth-order valence-electron chi connectivity index (χ4n) is 1.26. The largest absolute Gasteiger partial charge is 0.354 e. The first-order valence-electron chi connectivity index (χ1n) is 5.17. The molecule has 96 valence electrons. The first kappa shape index (κ1) is 13.7. The summed E-state index contributed by atoms with van der Waals surface area (Å²) in [7, 11) is -3.45. The van der Waals surface area contributed by atoms with Crippen LogP contribution >= 0.6 is 0 Å². The smallest absolute Gasteiger partial charge is 0.244 e. The van der Waals surface area contributed by atoms with Gasteiger partial charge in [0, 0.05) is 18.9 Å². The van der Waals surface area contributed by atoms with Gasteiger partial charge in [-0.25, -0.2) is 13.6 Å². The second kappa shape index (κ2) is 5.78. The number of amides is 1. The van der Waals surface area contributed by atoms with E-state index in [1.807, 2.05) is 0 Å². The van der Waals surface area contributed by atoms with Crippen LogP contribution in [0, 0.1) is 0 Å². The van der Waals surface area contributed by atoms with Gasteiger partial charge in [0.25, 0.3) is 0 Å². The topological polar surface area (TPSA) is 107 Å². The lowest BCUT2D eigenvalue weighted by molar-refractivity contribution is -0.124. The lowest BCUT2D eigenvalue weighted by Gasteiger charge is -2.12. The fraction of sp³-hybridized carbons (Fsp3) is 0.556. The molecule has 0 aliphatic carbocycles. The molecule has 3 N–H and O–H groups in total. The van der Waals surface area contributed by atoms with Crippen molar-refractivity contribution in [2.24, 2.45) is 5.14 Å². The van der Waals surface area contributed by atoms with E-state index in [4.69, 9.17) is 5.14 Å². The molecule has 17 heavy (non-hydrogen) atoms. The van der Waals surface area contributed by atoms with Gasteiger partial charge < -0.3 is 5.32 Å². The number of hydrogen-bond donors (Lipinski definition) is 2. The SMILES string of the molecule is CC(C(=O)NCCCS(N)(=O)=O)n1cccn1. The third-order valence-electron chi connectivity index (χ3n) is 2.21. The molecule has 0 fully saturated rings. The predicted octanol–water partition coefficient (Wildman–Crippen LogP) is -0.761. The van der Waals surface area contributed by atoms with Gasteiger partial charge in [0.05, 0.1) is 5.75 Å². The maximum atomic E-state index is 11.6. The Morgan fingerprint density at radius 2 is 2.29 bits per heavy atom. The Hall–Kier alpha value is -1.41. The summed E-state index contributed by atoms with van der Waals surface area (Å²) in [5, 5.41) is 11.4. The minimum absolute atomic E-state index is 0.135. The van der Waals surface area contributed by atoms with E-state index < -0.39 is 16.1 Å². The van der Waals surface area contributed by atoms with Crippen LogP contribution in [0.25, 0.3) is 0 Å². The Kier molecular flexibility index (Phi) is 4.64. The van der Waals surface area contributed by atoms with Crippen molar-refractivity contribution in [3.8, 4) is 0 Å². The van der Waals surface area contributed by atoms with Crippen LogP contribution in [0.1, 0.15) is 19.4 Å². The van der Waals surface area contributed by atoms with Gasteiger partial charge in [-0.05, 0) is 19.4 Å². The molecular formula is C9H16N4O3S. The van der Waals surface area contributed by atoms with Crippen LogP contribution in [-0.4, -0.2) is 36.4 Å². The molecule has 0 radical (unpaired) electrons. The summed E-state index contributed by atoms with van der Waals surface area (Å²) in [6, 6.07) is 1.31. The van der Waals surface area contributed by atoms with Crippen LogP contribution in [0.3, 0.4) is 0 Å². The van der Waals surface area contributed by atoms with Gasteiger partial charge in [0.2, 0.25) is 15.9 Å². The van der Waals surface area contributed by atoms with Crippen molar-refractivity contribution in [1.29, 1.82) is 0 Å². The zero-order valence-electron chi connectivity index (χ0n) is 9.54.